The SMILES string of the molecule is CCOC(=O)/C=C/[C@H](C[C@@H]1CCNC1=O)NC(=O)[C@@H](CC)CC(=O)c1ccc(-c2ccccc2C(F)(F)F)[nH]1. The maximum atomic E-state index is 13.4. The maximum Gasteiger partial charge on any atom is 0.417 e. The van der Waals surface area contributed by atoms with E-state index in [-0.39, 0.29) is 48.2 Å². The number of rotatable bonds is 12. The molecule has 1 fully saturated rings. The third-order valence-corrected chi connectivity index (χ3v) is 6.58. The summed E-state index contributed by atoms with van der Waals surface area (Å²) in [6.07, 6.45) is -0.869. The van der Waals surface area contributed by atoms with E-state index in [1.165, 1.54) is 42.5 Å². The fourth-order valence-electron chi connectivity index (χ4n) is 4.48. The van der Waals surface area contributed by atoms with Crippen molar-refractivity contribution in [3.63, 3.8) is 0 Å². The van der Waals surface area contributed by atoms with Gasteiger partial charge in [0.15, 0.2) is 5.78 Å². The molecule has 1 aliphatic rings. The molecule has 210 valence electrons. The van der Waals surface area contributed by atoms with Crippen LogP contribution in [0.15, 0.2) is 48.6 Å². The minimum absolute atomic E-state index is 0.0824. The van der Waals surface area contributed by atoms with Crippen molar-refractivity contribution in [2.75, 3.05) is 13.2 Å². The number of benzene rings is 1. The molecule has 0 aliphatic carbocycles. The van der Waals surface area contributed by atoms with Gasteiger partial charge >= 0.3 is 12.1 Å². The van der Waals surface area contributed by atoms with Gasteiger partial charge in [0, 0.05) is 48.2 Å². The first-order chi connectivity index (χ1) is 18.5. The monoisotopic (exact) mass is 547 g/mol. The van der Waals surface area contributed by atoms with Crippen molar-refractivity contribution in [1.29, 1.82) is 0 Å². The first-order valence-electron chi connectivity index (χ1n) is 12.8. The number of aromatic nitrogens is 1. The van der Waals surface area contributed by atoms with Crippen molar-refractivity contribution in [3.8, 4) is 11.3 Å². The normalized spacial score (nSPS) is 17.1. The first kappa shape index (κ1) is 29.7. The number of nitrogens with one attached hydrogen (secondary N) is 3. The van der Waals surface area contributed by atoms with Gasteiger partial charge in [0.1, 0.15) is 0 Å². The number of carbonyl (C=O) groups excluding carboxylic acids is 4. The molecule has 1 aromatic heterocycles. The minimum atomic E-state index is -4.56. The zero-order valence-electron chi connectivity index (χ0n) is 21.8. The highest BCUT2D eigenvalue weighted by molar-refractivity contribution is 5.98. The summed E-state index contributed by atoms with van der Waals surface area (Å²) in [6.45, 7) is 4.13. The Morgan fingerprint density at radius 1 is 1.15 bits per heavy atom. The number of Topliss-reactive ketones (excluding diaryl/α,β-unsaturated/α-hetero) is 1. The fraction of sp³-hybridized carbons (Fsp3) is 0.429. The summed E-state index contributed by atoms with van der Waals surface area (Å²) in [5, 5.41) is 5.56. The molecule has 8 nitrogen and oxygen atoms in total. The van der Waals surface area contributed by atoms with Crippen LogP contribution in [-0.2, 0) is 25.3 Å². The molecule has 0 radical (unpaired) electrons. The summed E-state index contributed by atoms with van der Waals surface area (Å²) in [4.78, 5) is 52.7. The number of alkyl halides is 3. The van der Waals surface area contributed by atoms with E-state index in [1.807, 2.05) is 0 Å². The van der Waals surface area contributed by atoms with Crippen LogP contribution in [0.1, 0.15) is 55.6 Å². The van der Waals surface area contributed by atoms with E-state index in [1.54, 1.807) is 13.8 Å². The Kier molecular flexibility index (Phi) is 10.1. The maximum absolute atomic E-state index is 13.4. The predicted octanol–water partition coefficient (Wildman–Crippen LogP) is 4.43. The van der Waals surface area contributed by atoms with Crippen LogP contribution in [0, 0.1) is 11.8 Å². The second-order valence-electron chi connectivity index (χ2n) is 9.30. The molecule has 3 N–H and O–H groups in total. The quantitative estimate of drug-likeness (QED) is 0.207. The molecule has 0 saturated carbocycles. The lowest BCUT2D eigenvalue weighted by atomic mass is 9.94. The van der Waals surface area contributed by atoms with Gasteiger partial charge in [0.25, 0.3) is 0 Å². The largest absolute Gasteiger partial charge is 0.463 e. The Morgan fingerprint density at radius 2 is 1.90 bits per heavy atom. The number of carbonyl (C=O) groups is 4. The van der Waals surface area contributed by atoms with Crippen molar-refractivity contribution in [3.05, 3.63) is 59.8 Å². The highest BCUT2D eigenvalue weighted by Gasteiger charge is 2.34. The molecule has 3 rings (SSSR count). The molecular formula is C28H32F3N3O5. The van der Waals surface area contributed by atoms with E-state index in [0.717, 1.165) is 6.07 Å². The Balaban J connectivity index is 1.71. The van der Waals surface area contributed by atoms with Crippen molar-refractivity contribution < 1.29 is 37.1 Å². The highest BCUT2D eigenvalue weighted by atomic mass is 19.4. The molecule has 1 aliphatic heterocycles. The number of ether oxygens (including phenoxy) is 1. The molecule has 2 amide bonds. The van der Waals surface area contributed by atoms with Gasteiger partial charge in [-0.1, -0.05) is 31.2 Å². The number of hydrogen-bond acceptors (Lipinski definition) is 5. The summed E-state index contributed by atoms with van der Waals surface area (Å²) in [5.41, 5.74) is -0.673. The summed E-state index contributed by atoms with van der Waals surface area (Å²) in [5.74, 6) is -2.64. The molecule has 0 spiro atoms. The molecule has 2 heterocycles. The highest BCUT2D eigenvalue weighted by Crippen LogP contribution is 2.36. The number of halogens is 3. The number of esters is 1. The molecule has 0 bridgehead atoms. The van der Waals surface area contributed by atoms with Gasteiger partial charge in [0.2, 0.25) is 11.8 Å². The first-order valence-corrected chi connectivity index (χ1v) is 12.8. The fourth-order valence-corrected chi connectivity index (χ4v) is 4.48. The second-order valence-corrected chi connectivity index (χ2v) is 9.30. The third-order valence-electron chi connectivity index (χ3n) is 6.58. The van der Waals surface area contributed by atoms with Gasteiger partial charge in [-0.05, 0) is 44.4 Å². The van der Waals surface area contributed by atoms with E-state index in [2.05, 4.69) is 15.6 Å². The lowest BCUT2D eigenvalue weighted by Crippen LogP contribution is -2.40. The second kappa shape index (κ2) is 13.3. The van der Waals surface area contributed by atoms with Crippen LogP contribution < -0.4 is 10.6 Å². The Morgan fingerprint density at radius 3 is 2.54 bits per heavy atom. The Labute approximate surface area is 224 Å². The summed E-state index contributed by atoms with van der Waals surface area (Å²) < 4.78 is 45.1. The van der Waals surface area contributed by atoms with E-state index in [0.29, 0.717) is 19.4 Å². The molecule has 11 heteroatoms. The van der Waals surface area contributed by atoms with Crippen LogP contribution in [0.25, 0.3) is 11.3 Å². The lowest BCUT2D eigenvalue weighted by Gasteiger charge is -2.21. The topological polar surface area (TPSA) is 117 Å². The van der Waals surface area contributed by atoms with E-state index in [9.17, 15) is 32.3 Å². The third kappa shape index (κ3) is 8.05. The molecule has 3 atom stereocenters. The zero-order chi connectivity index (χ0) is 28.6. The smallest absolute Gasteiger partial charge is 0.417 e. The van der Waals surface area contributed by atoms with E-state index < -0.39 is 41.4 Å². The molecule has 1 saturated heterocycles. The summed E-state index contributed by atoms with van der Waals surface area (Å²) in [7, 11) is 0. The van der Waals surface area contributed by atoms with Gasteiger partial charge in [-0.15, -0.1) is 0 Å². The summed E-state index contributed by atoms with van der Waals surface area (Å²) in [6, 6.07) is 7.22. The summed E-state index contributed by atoms with van der Waals surface area (Å²) >= 11 is 0. The number of H-pyrrole nitrogens is 1. The standard InChI is InChI=1S/C28H32F3N3O5/c1-3-17(27(38)33-19(9-12-25(36)39-4-2)15-18-13-14-32-26(18)37)16-24(35)23-11-10-22(34-23)20-7-5-6-8-21(20)28(29,30)31/h5-12,17-19,34H,3-4,13-16H2,1-2H3,(H,32,37)(H,33,38)/b12-9+/t17-,18-,19+/m0/s1. The molecule has 0 unspecified atom stereocenters. The van der Waals surface area contributed by atoms with E-state index in [4.69, 9.17) is 4.74 Å². The Hall–Kier alpha value is -3.89. The minimum Gasteiger partial charge on any atom is -0.463 e. The molecule has 1 aromatic carbocycles. The molecular weight excluding hydrogens is 515 g/mol. The van der Waals surface area contributed by atoms with Crippen LogP contribution >= 0.6 is 0 Å². The van der Waals surface area contributed by atoms with Crippen molar-refractivity contribution >= 4 is 23.6 Å². The van der Waals surface area contributed by atoms with E-state index >= 15 is 0 Å². The van der Waals surface area contributed by atoms with Gasteiger partial charge < -0.3 is 20.4 Å². The number of amides is 2. The van der Waals surface area contributed by atoms with Crippen LogP contribution in [0.4, 0.5) is 13.2 Å². The van der Waals surface area contributed by atoms with Gasteiger partial charge in [-0.2, -0.15) is 13.2 Å². The average Bonchev–Trinajstić information content (AvgIpc) is 3.55. The van der Waals surface area contributed by atoms with Crippen LogP contribution in [0.3, 0.4) is 0 Å². The van der Waals surface area contributed by atoms with Gasteiger partial charge in [0.05, 0.1) is 17.9 Å². The van der Waals surface area contributed by atoms with Gasteiger partial charge in [-0.3, -0.25) is 14.4 Å². The molecule has 39 heavy (non-hydrogen) atoms. The van der Waals surface area contributed by atoms with Crippen LogP contribution in [0.5, 0.6) is 0 Å². The average molecular weight is 548 g/mol. The predicted molar refractivity (Wildman–Crippen MR) is 137 cm³/mol. The van der Waals surface area contributed by atoms with Crippen molar-refractivity contribution in [2.45, 2.75) is 51.7 Å². The Bertz CT molecular complexity index is 1220. The van der Waals surface area contributed by atoms with Crippen LogP contribution in [0.2, 0.25) is 0 Å². The number of aromatic amines is 1. The van der Waals surface area contributed by atoms with Crippen molar-refractivity contribution in [2.24, 2.45) is 11.8 Å². The van der Waals surface area contributed by atoms with Gasteiger partial charge in [-0.25, -0.2) is 4.79 Å². The number of ketones is 1. The lowest BCUT2D eigenvalue weighted by molar-refractivity contribution is -0.138. The van der Waals surface area contributed by atoms with Crippen LogP contribution in [-0.4, -0.2) is 47.7 Å². The zero-order valence-corrected chi connectivity index (χ0v) is 21.8. The number of hydrogen-bond donors (Lipinski definition) is 3. The van der Waals surface area contributed by atoms with Crippen molar-refractivity contribution in [1.82, 2.24) is 15.6 Å². The molecule has 2 aromatic rings.